The predicted octanol–water partition coefficient (Wildman–Crippen LogP) is 5.30. The Balaban J connectivity index is 1.95. The Hall–Kier alpha value is -0.340. The van der Waals surface area contributed by atoms with Crippen LogP contribution in [0.5, 0.6) is 0 Å². The van der Waals surface area contributed by atoms with Crippen molar-refractivity contribution in [3.63, 3.8) is 0 Å². The zero-order chi connectivity index (χ0) is 15.1. The summed E-state index contributed by atoms with van der Waals surface area (Å²) in [5.41, 5.74) is 0. The van der Waals surface area contributed by atoms with Crippen molar-refractivity contribution in [1.82, 2.24) is 5.32 Å². The fraction of sp³-hybridized carbons (Fsp3) is 0.789. The Kier molecular flexibility index (Phi) is 7.25. The molecule has 1 N–H and O–H groups in total. The van der Waals surface area contributed by atoms with E-state index in [1.165, 1.54) is 58.0 Å². The van der Waals surface area contributed by atoms with Crippen molar-refractivity contribution in [3.8, 4) is 0 Å². The fourth-order valence-corrected chi connectivity index (χ4v) is 4.81. The summed E-state index contributed by atoms with van der Waals surface area (Å²) >= 11 is 2.05. The molecule has 1 heterocycles. The van der Waals surface area contributed by atoms with E-state index in [1.54, 1.807) is 9.75 Å². The second kappa shape index (κ2) is 8.95. The summed E-state index contributed by atoms with van der Waals surface area (Å²) < 4.78 is 0. The molecule has 0 bridgehead atoms. The number of aryl methyl sites for hydroxylation is 1. The lowest BCUT2D eigenvalue weighted by Crippen LogP contribution is -2.34. The van der Waals surface area contributed by atoms with Gasteiger partial charge in [-0.2, -0.15) is 0 Å². The van der Waals surface area contributed by atoms with Gasteiger partial charge in [-0.05, 0) is 75.1 Å². The van der Waals surface area contributed by atoms with E-state index in [2.05, 4.69) is 38.2 Å². The smallest absolute Gasteiger partial charge is 0.00510 e. The molecule has 21 heavy (non-hydrogen) atoms. The van der Waals surface area contributed by atoms with Gasteiger partial charge in [-0.1, -0.05) is 33.6 Å². The molecule has 0 aliphatic heterocycles. The molecule has 1 saturated carbocycles. The van der Waals surface area contributed by atoms with E-state index in [0.717, 1.165) is 17.8 Å². The van der Waals surface area contributed by atoms with Crippen molar-refractivity contribution in [1.29, 1.82) is 0 Å². The third-order valence-corrected chi connectivity index (χ3v) is 6.44. The van der Waals surface area contributed by atoms with Crippen LogP contribution in [0.3, 0.4) is 0 Å². The van der Waals surface area contributed by atoms with Crippen molar-refractivity contribution in [2.24, 2.45) is 17.8 Å². The molecule has 3 unspecified atom stereocenters. The van der Waals surface area contributed by atoms with Crippen LogP contribution >= 0.6 is 11.3 Å². The third-order valence-electron chi connectivity index (χ3n) is 5.19. The number of hydrogen-bond donors (Lipinski definition) is 1. The Morgan fingerprint density at radius 2 is 1.90 bits per heavy atom. The summed E-state index contributed by atoms with van der Waals surface area (Å²) in [7, 11) is 0. The van der Waals surface area contributed by atoms with Crippen molar-refractivity contribution < 1.29 is 0 Å². The average molecular weight is 308 g/mol. The van der Waals surface area contributed by atoms with Gasteiger partial charge in [-0.3, -0.25) is 0 Å². The lowest BCUT2D eigenvalue weighted by atomic mass is 9.71. The summed E-state index contributed by atoms with van der Waals surface area (Å²) in [5, 5.41) is 3.67. The molecule has 2 rings (SSSR count). The van der Waals surface area contributed by atoms with E-state index >= 15 is 0 Å². The van der Waals surface area contributed by atoms with Gasteiger partial charge < -0.3 is 5.32 Å². The molecule has 3 atom stereocenters. The highest BCUT2D eigenvalue weighted by molar-refractivity contribution is 7.11. The molecule has 1 nitrogen and oxygen atoms in total. The molecule has 1 fully saturated rings. The molecule has 0 amide bonds. The highest BCUT2D eigenvalue weighted by atomic mass is 32.1. The summed E-state index contributed by atoms with van der Waals surface area (Å²) in [5.74, 6) is 2.77. The summed E-state index contributed by atoms with van der Waals surface area (Å²) in [6.45, 7) is 9.31. The molecule has 1 aliphatic rings. The van der Waals surface area contributed by atoms with Crippen molar-refractivity contribution in [2.75, 3.05) is 13.1 Å². The van der Waals surface area contributed by atoms with Gasteiger partial charge in [0.25, 0.3) is 0 Å². The first-order valence-corrected chi connectivity index (χ1v) is 9.86. The van der Waals surface area contributed by atoms with Gasteiger partial charge in [0.1, 0.15) is 0 Å². The summed E-state index contributed by atoms with van der Waals surface area (Å²) in [6.07, 6.45) is 9.47. The van der Waals surface area contributed by atoms with Crippen LogP contribution in [0.4, 0.5) is 0 Å². The van der Waals surface area contributed by atoms with Crippen LogP contribution < -0.4 is 5.32 Å². The zero-order valence-electron chi connectivity index (χ0n) is 14.2. The Bertz CT molecular complexity index is 396. The highest BCUT2D eigenvalue weighted by Gasteiger charge is 2.29. The molecule has 0 radical (unpaired) electrons. The summed E-state index contributed by atoms with van der Waals surface area (Å²) in [4.78, 5) is 3.17. The SMILES string of the molecule is CCCNCC1CCC(CC)CC1Cc1ccc(CC)s1. The lowest BCUT2D eigenvalue weighted by molar-refractivity contribution is 0.172. The number of nitrogens with one attached hydrogen (secondary N) is 1. The second-order valence-electron chi connectivity index (χ2n) is 6.74. The molecule has 0 spiro atoms. The molecular weight excluding hydrogens is 274 g/mol. The molecular formula is C19H33NS. The van der Waals surface area contributed by atoms with Crippen LogP contribution in [-0.4, -0.2) is 13.1 Å². The zero-order valence-corrected chi connectivity index (χ0v) is 15.0. The van der Waals surface area contributed by atoms with Crippen molar-refractivity contribution in [3.05, 3.63) is 21.9 Å². The average Bonchev–Trinajstić information content (AvgIpc) is 2.96. The van der Waals surface area contributed by atoms with E-state index in [4.69, 9.17) is 0 Å². The van der Waals surface area contributed by atoms with Crippen LogP contribution in [0, 0.1) is 17.8 Å². The maximum absolute atomic E-state index is 3.67. The van der Waals surface area contributed by atoms with E-state index in [1.807, 2.05) is 11.3 Å². The van der Waals surface area contributed by atoms with Gasteiger partial charge in [0.05, 0.1) is 0 Å². The monoisotopic (exact) mass is 307 g/mol. The van der Waals surface area contributed by atoms with E-state index in [9.17, 15) is 0 Å². The first-order chi connectivity index (χ1) is 10.3. The van der Waals surface area contributed by atoms with Gasteiger partial charge >= 0.3 is 0 Å². The molecule has 1 aromatic rings. The normalized spacial score (nSPS) is 26.1. The van der Waals surface area contributed by atoms with E-state index in [-0.39, 0.29) is 0 Å². The molecule has 120 valence electrons. The maximum atomic E-state index is 3.67. The first kappa shape index (κ1) is 17.0. The van der Waals surface area contributed by atoms with Crippen molar-refractivity contribution in [2.45, 2.75) is 65.7 Å². The Morgan fingerprint density at radius 1 is 1.10 bits per heavy atom. The molecule has 2 heteroatoms. The maximum Gasteiger partial charge on any atom is 0.00510 e. The van der Waals surface area contributed by atoms with Crippen LogP contribution in [0.25, 0.3) is 0 Å². The van der Waals surface area contributed by atoms with Crippen LogP contribution in [0.2, 0.25) is 0 Å². The predicted molar refractivity (Wildman–Crippen MR) is 95.2 cm³/mol. The number of thiophene rings is 1. The van der Waals surface area contributed by atoms with E-state index < -0.39 is 0 Å². The van der Waals surface area contributed by atoms with Crippen molar-refractivity contribution >= 4 is 11.3 Å². The second-order valence-corrected chi connectivity index (χ2v) is 7.99. The topological polar surface area (TPSA) is 12.0 Å². The number of rotatable bonds is 8. The van der Waals surface area contributed by atoms with Gasteiger partial charge in [-0.15, -0.1) is 11.3 Å². The summed E-state index contributed by atoms with van der Waals surface area (Å²) in [6, 6.07) is 4.72. The molecule has 1 aliphatic carbocycles. The minimum atomic E-state index is 0.895. The quantitative estimate of drug-likeness (QED) is 0.643. The molecule has 0 saturated heterocycles. The molecule has 0 aromatic carbocycles. The van der Waals surface area contributed by atoms with Gasteiger partial charge in [0.15, 0.2) is 0 Å². The fourth-order valence-electron chi connectivity index (χ4n) is 3.76. The van der Waals surface area contributed by atoms with Crippen LogP contribution in [0.1, 0.15) is 62.6 Å². The Morgan fingerprint density at radius 3 is 2.57 bits per heavy atom. The Labute approximate surface area is 135 Å². The largest absolute Gasteiger partial charge is 0.316 e. The lowest BCUT2D eigenvalue weighted by Gasteiger charge is -2.36. The first-order valence-electron chi connectivity index (χ1n) is 9.05. The van der Waals surface area contributed by atoms with E-state index in [0.29, 0.717) is 0 Å². The minimum Gasteiger partial charge on any atom is -0.316 e. The standard InChI is InChI=1S/C19H33NS/c1-4-11-20-14-16-8-7-15(5-2)12-17(16)13-19-10-9-18(6-3)21-19/h9-10,15-17,20H,4-8,11-14H2,1-3H3. The van der Waals surface area contributed by atoms with Gasteiger partial charge in [0.2, 0.25) is 0 Å². The number of hydrogen-bond acceptors (Lipinski definition) is 2. The van der Waals surface area contributed by atoms with Crippen LogP contribution in [-0.2, 0) is 12.8 Å². The minimum absolute atomic E-state index is 0.895. The third kappa shape index (κ3) is 5.10. The van der Waals surface area contributed by atoms with Crippen LogP contribution in [0.15, 0.2) is 12.1 Å². The van der Waals surface area contributed by atoms with Gasteiger partial charge in [-0.25, -0.2) is 0 Å². The van der Waals surface area contributed by atoms with Gasteiger partial charge in [0, 0.05) is 9.75 Å². The highest BCUT2D eigenvalue weighted by Crippen LogP contribution is 2.38. The molecule has 1 aromatic heterocycles.